The SMILES string of the molecule is CCCCCN(CC(C)C(=O)OC)C(=O)c1ccccc1F. The lowest BCUT2D eigenvalue weighted by molar-refractivity contribution is -0.145. The van der Waals surface area contributed by atoms with Gasteiger partial charge in [0.25, 0.3) is 5.91 Å². The highest BCUT2D eigenvalue weighted by Gasteiger charge is 2.23. The van der Waals surface area contributed by atoms with Crippen molar-refractivity contribution in [2.24, 2.45) is 5.92 Å². The van der Waals surface area contributed by atoms with E-state index >= 15 is 0 Å². The van der Waals surface area contributed by atoms with E-state index in [-0.39, 0.29) is 24.0 Å². The Labute approximate surface area is 131 Å². The summed E-state index contributed by atoms with van der Waals surface area (Å²) in [6.07, 6.45) is 2.83. The number of unbranched alkanes of at least 4 members (excludes halogenated alkanes) is 2. The Morgan fingerprint density at radius 2 is 1.95 bits per heavy atom. The molecule has 4 nitrogen and oxygen atoms in total. The van der Waals surface area contributed by atoms with Crippen LogP contribution in [0.3, 0.4) is 0 Å². The van der Waals surface area contributed by atoms with Gasteiger partial charge in [0.15, 0.2) is 0 Å². The third kappa shape index (κ3) is 5.13. The van der Waals surface area contributed by atoms with E-state index in [0.29, 0.717) is 6.54 Å². The highest BCUT2D eigenvalue weighted by Crippen LogP contribution is 2.13. The van der Waals surface area contributed by atoms with Crippen LogP contribution in [0.1, 0.15) is 43.5 Å². The second kappa shape index (κ2) is 9.18. The van der Waals surface area contributed by atoms with Gasteiger partial charge in [-0.15, -0.1) is 0 Å². The van der Waals surface area contributed by atoms with E-state index in [1.807, 2.05) is 0 Å². The summed E-state index contributed by atoms with van der Waals surface area (Å²) in [5.74, 6) is -1.74. The van der Waals surface area contributed by atoms with Crippen LogP contribution in [0.2, 0.25) is 0 Å². The average Bonchev–Trinajstić information content (AvgIpc) is 2.53. The summed E-state index contributed by atoms with van der Waals surface area (Å²) in [5, 5.41) is 0. The first kappa shape index (κ1) is 18.1. The molecule has 1 rings (SSSR count). The van der Waals surface area contributed by atoms with Crippen LogP contribution in [0, 0.1) is 11.7 Å². The van der Waals surface area contributed by atoms with E-state index in [9.17, 15) is 14.0 Å². The third-order valence-corrected chi connectivity index (χ3v) is 3.52. The summed E-state index contributed by atoms with van der Waals surface area (Å²) in [6.45, 7) is 4.50. The first-order chi connectivity index (χ1) is 10.5. The molecule has 0 saturated heterocycles. The van der Waals surface area contributed by atoms with Crippen LogP contribution in [-0.4, -0.2) is 37.0 Å². The summed E-state index contributed by atoms with van der Waals surface area (Å²) in [6, 6.07) is 5.91. The second-order valence-corrected chi connectivity index (χ2v) is 5.36. The van der Waals surface area contributed by atoms with Crippen LogP contribution in [-0.2, 0) is 9.53 Å². The van der Waals surface area contributed by atoms with Crippen LogP contribution >= 0.6 is 0 Å². The normalized spacial score (nSPS) is 11.8. The van der Waals surface area contributed by atoms with E-state index in [4.69, 9.17) is 4.74 Å². The molecule has 0 fully saturated rings. The Bertz CT molecular complexity index is 504. The standard InChI is InChI=1S/C17H24FNO3/c1-4-5-8-11-19(12-13(2)17(21)22-3)16(20)14-9-6-7-10-15(14)18/h6-7,9-10,13H,4-5,8,11-12H2,1-3H3. The molecule has 0 N–H and O–H groups in total. The number of nitrogens with zero attached hydrogens (tertiary/aromatic N) is 1. The minimum Gasteiger partial charge on any atom is -0.469 e. The Kier molecular flexibility index (Phi) is 7.57. The fraction of sp³-hybridized carbons (Fsp3) is 0.529. The number of ether oxygens (including phenoxy) is 1. The van der Waals surface area contributed by atoms with Crippen molar-refractivity contribution in [3.05, 3.63) is 35.6 Å². The molecule has 122 valence electrons. The second-order valence-electron chi connectivity index (χ2n) is 5.36. The van der Waals surface area contributed by atoms with E-state index < -0.39 is 11.7 Å². The molecule has 0 aliphatic carbocycles. The molecule has 1 aromatic carbocycles. The number of rotatable bonds is 8. The summed E-state index contributed by atoms with van der Waals surface area (Å²) in [4.78, 5) is 25.6. The van der Waals surface area contributed by atoms with E-state index in [2.05, 4.69) is 6.92 Å². The number of amides is 1. The summed E-state index contributed by atoms with van der Waals surface area (Å²) in [7, 11) is 1.32. The van der Waals surface area contributed by atoms with Crippen LogP contribution in [0.25, 0.3) is 0 Å². The number of hydrogen-bond acceptors (Lipinski definition) is 3. The number of esters is 1. The minimum atomic E-state index is -0.543. The monoisotopic (exact) mass is 309 g/mol. The topological polar surface area (TPSA) is 46.6 Å². The van der Waals surface area contributed by atoms with Crippen LogP contribution in [0.5, 0.6) is 0 Å². The fourth-order valence-corrected chi connectivity index (χ4v) is 2.24. The van der Waals surface area contributed by atoms with Crippen LogP contribution < -0.4 is 0 Å². The third-order valence-electron chi connectivity index (χ3n) is 3.52. The smallest absolute Gasteiger partial charge is 0.310 e. The van der Waals surface area contributed by atoms with Gasteiger partial charge < -0.3 is 9.64 Å². The number of halogens is 1. The lowest BCUT2D eigenvalue weighted by atomic mass is 10.1. The molecule has 22 heavy (non-hydrogen) atoms. The maximum Gasteiger partial charge on any atom is 0.310 e. The van der Waals surface area contributed by atoms with Gasteiger partial charge in [-0.3, -0.25) is 9.59 Å². The molecule has 0 radical (unpaired) electrons. The minimum absolute atomic E-state index is 0.0380. The van der Waals surface area contributed by atoms with E-state index in [0.717, 1.165) is 19.3 Å². The predicted molar refractivity (Wildman–Crippen MR) is 83.0 cm³/mol. The number of benzene rings is 1. The zero-order valence-corrected chi connectivity index (χ0v) is 13.5. The van der Waals surface area contributed by atoms with Crippen molar-refractivity contribution in [3.8, 4) is 0 Å². The molecule has 0 aliphatic heterocycles. The molecule has 1 atom stereocenters. The van der Waals surface area contributed by atoms with Gasteiger partial charge in [-0.2, -0.15) is 0 Å². The largest absolute Gasteiger partial charge is 0.469 e. The Hall–Kier alpha value is -1.91. The van der Waals surface area contributed by atoms with Gasteiger partial charge in [-0.25, -0.2) is 4.39 Å². The van der Waals surface area contributed by atoms with E-state index in [1.54, 1.807) is 19.1 Å². The van der Waals surface area contributed by atoms with Gasteiger partial charge in [0.2, 0.25) is 0 Å². The van der Waals surface area contributed by atoms with Crippen LogP contribution in [0.15, 0.2) is 24.3 Å². The first-order valence-corrected chi connectivity index (χ1v) is 7.62. The van der Waals surface area contributed by atoms with Gasteiger partial charge >= 0.3 is 5.97 Å². The van der Waals surface area contributed by atoms with Crippen molar-refractivity contribution < 1.29 is 18.7 Å². The molecule has 0 saturated carbocycles. The molecule has 1 amide bonds. The molecule has 0 bridgehead atoms. The van der Waals surface area contributed by atoms with Gasteiger partial charge in [0.1, 0.15) is 5.82 Å². The fourth-order valence-electron chi connectivity index (χ4n) is 2.24. The van der Waals surface area contributed by atoms with E-state index in [1.165, 1.54) is 24.1 Å². The molecule has 1 unspecified atom stereocenters. The maximum absolute atomic E-state index is 13.8. The van der Waals surface area contributed by atoms with Crippen molar-refractivity contribution in [2.75, 3.05) is 20.2 Å². The maximum atomic E-state index is 13.8. The van der Waals surface area contributed by atoms with Gasteiger partial charge in [-0.05, 0) is 18.6 Å². The van der Waals surface area contributed by atoms with Gasteiger partial charge in [0, 0.05) is 13.1 Å². The summed E-state index contributed by atoms with van der Waals surface area (Å²) in [5.41, 5.74) is 0.0380. The zero-order valence-electron chi connectivity index (χ0n) is 13.5. The first-order valence-electron chi connectivity index (χ1n) is 7.62. The molecule has 0 heterocycles. The van der Waals surface area contributed by atoms with Crippen molar-refractivity contribution in [1.29, 1.82) is 0 Å². The number of hydrogen-bond donors (Lipinski definition) is 0. The number of carbonyl (C=O) groups is 2. The molecular weight excluding hydrogens is 285 g/mol. The van der Waals surface area contributed by atoms with Crippen LogP contribution in [0.4, 0.5) is 4.39 Å². The lowest BCUT2D eigenvalue weighted by Crippen LogP contribution is -2.38. The van der Waals surface area contributed by atoms with Crippen molar-refractivity contribution in [3.63, 3.8) is 0 Å². The van der Waals surface area contributed by atoms with Crippen molar-refractivity contribution in [2.45, 2.75) is 33.1 Å². The zero-order chi connectivity index (χ0) is 16.5. The number of methoxy groups -OCH3 is 1. The molecule has 0 aromatic heterocycles. The molecular formula is C17H24FNO3. The summed E-state index contributed by atoms with van der Waals surface area (Å²) >= 11 is 0. The molecule has 0 spiro atoms. The van der Waals surface area contributed by atoms with Gasteiger partial charge in [-0.1, -0.05) is 38.8 Å². The lowest BCUT2D eigenvalue weighted by Gasteiger charge is -2.25. The molecule has 5 heteroatoms. The van der Waals surface area contributed by atoms with Crippen molar-refractivity contribution >= 4 is 11.9 Å². The average molecular weight is 309 g/mol. The molecule has 1 aromatic rings. The Morgan fingerprint density at radius 3 is 2.55 bits per heavy atom. The Morgan fingerprint density at radius 1 is 1.27 bits per heavy atom. The highest BCUT2D eigenvalue weighted by molar-refractivity contribution is 5.94. The molecule has 0 aliphatic rings. The summed E-state index contributed by atoms with van der Waals surface area (Å²) < 4.78 is 18.5. The quantitative estimate of drug-likeness (QED) is 0.547. The predicted octanol–water partition coefficient (Wildman–Crippen LogP) is 3.27. The highest BCUT2D eigenvalue weighted by atomic mass is 19.1. The number of carbonyl (C=O) groups excluding carboxylic acids is 2. The van der Waals surface area contributed by atoms with Gasteiger partial charge in [0.05, 0.1) is 18.6 Å². The Balaban J connectivity index is 2.86. The van der Waals surface area contributed by atoms with Crippen molar-refractivity contribution in [1.82, 2.24) is 4.90 Å².